The zero-order chi connectivity index (χ0) is 13.4. The average molecular weight is 343 g/mol. The van der Waals surface area contributed by atoms with Crippen molar-refractivity contribution < 1.29 is 4.79 Å². The van der Waals surface area contributed by atoms with Gasteiger partial charge in [0.1, 0.15) is 0 Å². The number of hydrogen-bond donors (Lipinski definition) is 0. The SMILES string of the molecule is O=C(c1cc(Cl)cc(Br)c1)N1CCCC2CCCC21. The second kappa shape index (κ2) is 5.45. The van der Waals surface area contributed by atoms with E-state index in [-0.39, 0.29) is 5.91 Å². The number of likely N-dealkylation sites (tertiary alicyclic amines) is 1. The molecule has 1 aromatic carbocycles. The van der Waals surface area contributed by atoms with Gasteiger partial charge in [0.25, 0.3) is 5.91 Å². The molecule has 102 valence electrons. The molecule has 1 saturated carbocycles. The van der Waals surface area contributed by atoms with Gasteiger partial charge in [0.2, 0.25) is 0 Å². The molecule has 0 radical (unpaired) electrons. The van der Waals surface area contributed by atoms with E-state index < -0.39 is 0 Å². The minimum Gasteiger partial charge on any atom is -0.335 e. The molecule has 2 atom stereocenters. The van der Waals surface area contributed by atoms with Crippen molar-refractivity contribution in [1.82, 2.24) is 4.90 Å². The van der Waals surface area contributed by atoms with Gasteiger partial charge in [-0.25, -0.2) is 0 Å². The summed E-state index contributed by atoms with van der Waals surface area (Å²) in [4.78, 5) is 14.8. The van der Waals surface area contributed by atoms with Crippen molar-refractivity contribution in [2.75, 3.05) is 6.54 Å². The second-order valence-electron chi connectivity index (χ2n) is 5.56. The molecule has 4 heteroatoms. The first-order valence-corrected chi connectivity index (χ1v) is 8.09. The first-order chi connectivity index (χ1) is 9.15. The maximum Gasteiger partial charge on any atom is 0.254 e. The molecule has 3 rings (SSSR count). The van der Waals surface area contributed by atoms with Crippen molar-refractivity contribution in [2.45, 2.75) is 38.1 Å². The molecule has 0 N–H and O–H groups in total. The molecule has 2 unspecified atom stereocenters. The minimum atomic E-state index is 0.139. The number of piperidine rings is 1. The summed E-state index contributed by atoms with van der Waals surface area (Å²) in [5.74, 6) is 0.861. The van der Waals surface area contributed by atoms with Gasteiger partial charge in [-0.1, -0.05) is 34.0 Å². The van der Waals surface area contributed by atoms with Crippen LogP contribution in [0.3, 0.4) is 0 Å². The van der Waals surface area contributed by atoms with Crippen LogP contribution in [-0.4, -0.2) is 23.4 Å². The summed E-state index contributed by atoms with van der Waals surface area (Å²) in [5.41, 5.74) is 0.701. The van der Waals surface area contributed by atoms with Crippen LogP contribution in [-0.2, 0) is 0 Å². The van der Waals surface area contributed by atoms with E-state index >= 15 is 0 Å². The maximum absolute atomic E-state index is 12.7. The predicted octanol–water partition coefficient (Wildman–Crippen LogP) is 4.51. The largest absolute Gasteiger partial charge is 0.335 e. The molecule has 1 aromatic rings. The minimum absolute atomic E-state index is 0.139. The Morgan fingerprint density at radius 3 is 2.79 bits per heavy atom. The topological polar surface area (TPSA) is 20.3 Å². The number of halogens is 2. The Kier molecular flexibility index (Phi) is 3.86. The predicted molar refractivity (Wildman–Crippen MR) is 80.6 cm³/mol. The number of fused-ring (bicyclic) bond motifs is 1. The molecule has 1 amide bonds. The van der Waals surface area contributed by atoms with Crippen LogP contribution in [0.15, 0.2) is 22.7 Å². The Hall–Kier alpha value is -0.540. The highest BCUT2D eigenvalue weighted by Gasteiger charge is 2.37. The quantitative estimate of drug-likeness (QED) is 0.735. The summed E-state index contributed by atoms with van der Waals surface area (Å²) in [6.07, 6.45) is 6.13. The molecule has 2 nitrogen and oxygen atoms in total. The van der Waals surface area contributed by atoms with Crippen molar-refractivity contribution in [2.24, 2.45) is 5.92 Å². The van der Waals surface area contributed by atoms with E-state index in [0.29, 0.717) is 16.6 Å². The third-order valence-electron chi connectivity index (χ3n) is 4.36. The second-order valence-corrected chi connectivity index (χ2v) is 6.91. The van der Waals surface area contributed by atoms with Crippen LogP contribution in [0.1, 0.15) is 42.5 Å². The van der Waals surface area contributed by atoms with Gasteiger partial charge in [-0.3, -0.25) is 4.79 Å². The fraction of sp³-hybridized carbons (Fsp3) is 0.533. The molecule has 2 aliphatic rings. The normalized spacial score (nSPS) is 26.3. The molecule has 2 fully saturated rings. The van der Waals surface area contributed by atoms with Crippen LogP contribution in [0.5, 0.6) is 0 Å². The molecule has 1 heterocycles. The lowest BCUT2D eigenvalue weighted by Gasteiger charge is -2.38. The van der Waals surface area contributed by atoms with Gasteiger partial charge in [0.05, 0.1) is 0 Å². The van der Waals surface area contributed by atoms with Gasteiger partial charge in [-0.05, 0) is 49.8 Å². The fourth-order valence-electron chi connectivity index (χ4n) is 3.55. The zero-order valence-electron chi connectivity index (χ0n) is 10.7. The summed E-state index contributed by atoms with van der Waals surface area (Å²) >= 11 is 9.45. The molecular weight excluding hydrogens is 326 g/mol. The van der Waals surface area contributed by atoms with Gasteiger partial charge in [-0.2, -0.15) is 0 Å². The Morgan fingerprint density at radius 1 is 1.21 bits per heavy atom. The summed E-state index contributed by atoms with van der Waals surface area (Å²) < 4.78 is 0.864. The molecule has 0 bridgehead atoms. The average Bonchev–Trinajstić information content (AvgIpc) is 2.84. The van der Waals surface area contributed by atoms with Gasteiger partial charge in [-0.15, -0.1) is 0 Å². The number of hydrogen-bond acceptors (Lipinski definition) is 1. The van der Waals surface area contributed by atoms with E-state index in [1.807, 2.05) is 12.1 Å². The maximum atomic E-state index is 12.7. The number of nitrogens with zero attached hydrogens (tertiary/aromatic N) is 1. The lowest BCUT2D eigenvalue weighted by Crippen LogP contribution is -2.46. The van der Waals surface area contributed by atoms with E-state index in [9.17, 15) is 4.79 Å². The van der Waals surface area contributed by atoms with Gasteiger partial charge in [0.15, 0.2) is 0 Å². The highest BCUT2D eigenvalue weighted by Crippen LogP contribution is 2.37. The highest BCUT2D eigenvalue weighted by atomic mass is 79.9. The van der Waals surface area contributed by atoms with Crippen molar-refractivity contribution in [1.29, 1.82) is 0 Å². The summed E-state index contributed by atoms with van der Waals surface area (Å²) in [6.45, 7) is 0.893. The molecule has 0 aromatic heterocycles. The van der Waals surface area contributed by atoms with Crippen molar-refractivity contribution in [3.05, 3.63) is 33.3 Å². The Bertz CT molecular complexity index is 485. The number of rotatable bonds is 1. The number of carbonyl (C=O) groups is 1. The fourth-order valence-corrected chi connectivity index (χ4v) is 4.41. The van der Waals surface area contributed by atoms with Gasteiger partial charge in [0, 0.05) is 27.6 Å². The third kappa shape index (κ3) is 2.68. The standard InChI is InChI=1S/C15H17BrClNO/c16-12-7-11(8-13(17)9-12)15(19)18-6-2-4-10-3-1-5-14(10)18/h7-10,14H,1-6H2. The van der Waals surface area contributed by atoms with Crippen molar-refractivity contribution in [3.63, 3.8) is 0 Å². The molecule has 1 aliphatic carbocycles. The van der Waals surface area contributed by atoms with E-state index in [1.165, 1.54) is 19.3 Å². The smallest absolute Gasteiger partial charge is 0.254 e. The lowest BCUT2D eigenvalue weighted by atomic mass is 9.91. The van der Waals surface area contributed by atoms with Crippen molar-refractivity contribution in [3.8, 4) is 0 Å². The van der Waals surface area contributed by atoms with Crippen LogP contribution in [0.2, 0.25) is 5.02 Å². The van der Waals surface area contributed by atoms with Crippen LogP contribution < -0.4 is 0 Å². The zero-order valence-corrected chi connectivity index (χ0v) is 13.1. The first-order valence-electron chi connectivity index (χ1n) is 6.92. The van der Waals surface area contributed by atoms with Crippen LogP contribution >= 0.6 is 27.5 Å². The van der Waals surface area contributed by atoms with E-state index in [2.05, 4.69) is 20.8 Å². The molecule has 1 aliphatic heterocycles. The monoisotopic (exact) mass is 341 g/mol. The number of benzene rings is 1. The highest BCUT2D eigenvalue weighted by molar-refractivity contribution is 9.10. The van der Waals surface area contributed by atoms with Gasteiger partial charge < -0.3 is 4.90 Å². The molecule has 19 heavy (non-hydrogen) atoms. The Labute approximate surface area is 127 Å². The number of amides is 1. The van der Waals surface area contributed by atoms with Crippen LogP contribution in [0.4, 0.5) is 0 Å². The summed E-state index contributed by atoms with van der Waals surface area (Å²) in [6, 6.07) is 5.91. The summed E-state index contributed by atoms with van der Waals surface area (Å²) in [5, 5.41) is 0.609. The Morgan fingerprint density at radius 2 is 2.00 bits per heavy atom. The van der Waals surface area contributed by atoms with Crippen LogP contribution in [0.25, 0.3) is 0 Å². The first kappa shape index (κ1) is 13.4. The lowest BCUT2D eigenvalue weighted by molar-refractivity contribution is 0.0548. The number of carbonyl (C=O) groups excluding carboxylic acids is 1. The molecular formula is C15H17BrClNO. The molecule has 0 spiro atoms. The summed E-state index contributed by atoms with van der Waals surface area (Å²) in [7, 11) is 0. The Balaban J connectivity index is 1.86. The van der Waals surface area contributed by atoms with Gasteiger partial charge >= 0.3 is 0 Å². The van der Waals surface area contributed by atoms with Crippen LogP contribution in [0, 0.1) is 5.92 Å². The molecule has 1 saturated heterocycles. The third-order valence-corrected chi connectivity index (χ3v) is 5.04. The van der Waals surface area contributed by atoms with E-state index in [0.717, 1.165) is 29.8 Å². The van der Waals surface area contributed by atoms with E-state index in [1.54, 1.807) is 6.07 Å². The van der Waals surface area contributed by atoms with E-state index in [4.69, 9.17) is 11.6 Å². The van der Waals surface area contributed by atoms with Crippen molar-refractivity contribution >= 4 is 33.4 Å².